The molecular formula is C18H22F2N4O4S. The maximum absolute atomic E-state index is 14.1. The molecule has 0 spiro atoms. The van der Waals surface area contributed by atoms with E-state index in [9.17, 15) is 22.3 Å². The fourth-order valence-electron chi connectivity index (χ4n) is 4.26. The highest BCUT2D eigenvalue weighted by atomic mass is 32.2. The second-order valence-corrected chi connectivity index (χ2v) is 9.31. The average Bonchev–Trinajstić information content (AvgIpc) is 3.22. The lowest BCUT2D eigenvalue weighted by Crippen LogP contribution is -2.49. The van der Waals surface area contributed by atoms with Gasteiger partial charge in [0, 0.05) is 29.8 Å². The molecule has 3 N–H and O–H groups in total. The summed E-state index contributed by atoms with van der Waals surface area (Å²) in [5, 5.41) is 13.8. The summed E-state index contributed by atoms with van der Waals surface area (Å²) >= 11 is 0. The molecule has 0 bridgehead atoms. The van der Waals surface area contributed by atoms with Gasteiger partial charge in [-0.2, -0.15) is 9.19 Å². The SMILES string of the molecule is CS(=O)(=O)n1ncc2c1CN([C@H]1CO[C@H](c3cc(F)ccc3F)[C@@H](N)C1)[C@@H]2CO. The van der Waals surface area contributed by atoms with Crippen LogP contribution in [0.4, 0.5) is 8.78 Å². The number of halogens is 2. The third kappa shape index (κ3) is 3.57. The summed E-state index contributed by atoms with van der Waals surface area (Å²) in [6, 6.07) is 1.90. The number of hydrogen-bond acceptors (Lipinski definition) is 7. The summed E-state index contributed by atoms with van der Waals surface area (Å²) in [5.41, 5.74) is 7.46. The summed E-state index contributed by atoms with van der Waals surface area (Å²) in [4.78, 5) is 1.92. The van der Waals surface area contributed by atoms with Gasteiger partial charge in [0.2, 0.25) is 0 Å². The number of hydrogen-bond donors (Lipinski definition) is 2. The lowest BCUT2D eigenvalue weighted by atomic mass is 9.93. The van der Waals surface area contributed by atoms with E-state index in [0.29, 0.717) is 17.7 Å². The van der Waals surface area contributed by atoms with Crippen LogP contribution in [0.2, 0.25) is 0 Å². The fraction of sp³-hybridized carbons (Fsp3) is 0.500. The first kappa shape index (κ1) is 20.4. The monoisotopic (exact) mass is 428 g/mol. The van der Waals surface area contributed by atoms with Gasteiger partial charge < -0.3 is 15.6 Å². The van der Waals surface area contributed by atoms with Gasteiger partial charge in [-0.1, -0.05) is 0 Å². The van der Waals surface area contributed by atoms with Crippen molar-refractivity contribution in [2.75, 3.05) is 19.5 Å². The highest BCUT2D eigenvalue weighted by Crippen LogP contribution is 2.39. The van der Waals surface area contributed by atoms with E-state index >= 15 is 0 Å². The third-order valence-electron chi connectivity index (χ3n) is 5.58. The number of aliphatic hydroxyl groups is 1. The topological polar surface area (TPSA) is 111 Å². The van der Waals surface area contributed by atoms with Crippen LogP contribution in [0.1, 0.15) is 35.4 Å². The van der Waals surface area contributed by atoms with Crippen molar-refractivity contribution in [3.63, 3.8) is 0 Å². The zero-order valence-electron chi connectivity index (χ0n) is 15.7. The van der Waals surface area contributed by atoms with Crippen molar-refractivity contribution in [1.82, 2.24) is 14.1 Å². The Morgan fingerprint density at radius 3 is 2.76 bits per heavy atom. The molecule has 1 saturated heterocycles. The van der Waals surface area contributed by atoms with Crippen LogP contribution in [0.15, 0.2) is 24.4 Å². The van der Waals surface area contributed by atoms with Crippen molar-refractivity contribution in [2.45, 2.75) is 37.2 Å². The minimum absolute atomic E-state index is 0.0760. The van der Waals surface area contributed by atoms with Crippen molar-refractivity contribution < 1.29 is 27.0 Å². The van der Waals surface area contributed by atoms with Gasteiger partial charge in [0.1, 0.15) is 17.7 Å². The van der Waals surface area contributed by atoms with Gasteiger partial charge in [-0.3, -0.25) is 4.90 Å². The normalized spacial score (nSPS) is 27.9. The number of benzene rings is 1. The van der Waals surface area contributed by atoms with Gasteiger partial charge in [-0.05, 0) is 24.6 Å². The summed E-state index contributed by atoms with van der Waals surface area (Å²) in [7, 11) is -3.57. The molecule has 1 aromatic carbocycles. The molecule has 8 nitrogen and oxygen atoms in total. The predicted molar refractivity (Wildman–Crippen MR) is 99.3 cm³/mol. The standard InChI is InChI=1S/C18H22F2N4O4S/c1-29(26,27)24-16-7-23(17(8-25)13(16)6-22-24)11-5-15(21)18(28-9-11)12-4-10(19)2-3-14(12)20/h2-4,6,11,15,17-18,25H,5,7-9,21H2,1H3/t11-,15+,17-,18-/m1/s1. The first-order chi connectivity index (χ1) is 13.7. The molecule has 2 aromatic rings. The first-order valence-corrected chi connectivity index (χ1v) is 11.0. The summed E-state index contributed by atoms with van der Waals surface area (Å²) < 4.78 is 58.3. The van der Waals surface area contributed by atoms with Crippen molar-refractivity contribution in [3.05, 3.63) is 52.9 Å². The van der Waals surface area contributed by atoms with Gasteiger partial charge in [-0.15, -0.1) is 0 Å². The predicted octanol–water partition coefficient (Wildman–Crippen LogP) is 0.675. The number of fused-ring (bicyclic) bond motifs is 1. The van der Waals surface area contributed by atoms with E-state index in [4.69, 9.17) is 10.5 Å². The highest BCUT2D eigenvalue weighted by molar-refractivity contribution is 7.89. The van der Waals surface area contributed by atoms with Crippen LogP contribution in [0.3, 0.4) is 0 Å². The minimum Gasteiger partial charge on any atom is -0.394 e. The molecule has 0 aliphatic carbocycles. The summed E-state index contributed by atoms with van der Waals surface area (Å²) in [6.45, 7) is 0.213. The van der Waals surface area contributed by atoms with E-state index < -0.39 is 39.8 Å². The molecule has 1 fully saturated rings. The van der Waals surface area contributed by atoms with Crippen molar-refractivity contribution in [3.8, 4) is 0 Å². The molecule has 1 aromatic heterocycles. The van der Waals surface area contributed by atoms with E-state index in [2.05, 4.69) is 5.10 Å². The van der Waals surface area contributed by atoms with Crippen LogP contribution in [0.25, 0.3) is 0 Å². The number of aliphatic hydroxyl groups excluding tert-OH is 1. The largest absolute Gasteiger partial charge is 0.394 e. The summed E-state index contributed by atoms with van der Waals surface area (Å²) in [6.07, 6.45) is 2.14. The number of rotatable bonds is 4. The second kappa shape index (κ2) is 7.40. The van der Waals surface area contributed by atoms with Gasteiger partial charge in [0.25, 0.3) is 10.0 Å². The Morgan fingerprint density at radius 1 is 1.34 bits per heavy atom. The first-order valence-electron chi connectivity index (χ1n) is 9.16. The maximum Gasteiger partial charge on any atom is 0.251 e. The van der Waals surface area contributed by atoms with Crippen molar-refractivity contribution in [2.24, 2.45) is 5.73 Å². The van der Waals surface area contributed by atoms with Crippen LogP contribution in [0, 0.1) is 11.6 Å². The molecular weight excluding hydrogens is 406 g/mol. The zero-order chi connectivity index (χ0) is 20.9. The van der Waals surface area contributed by atoms with Crippen molar-refractivity contribution >= 4 is 10.0 Å². The molecule has 0 saturated carbocycles. The van der Waals surface area contributed by atoms with E-state index in [1.165, 1.54) is 6.20 Å². The molecule has 3 heterocycles. The van der Waals surface area contributed by atoms with Crippen molar-refractivity contribution in [1.29, 1.82) is 0 Å². The fourth-order valence-corrected chi connectivity index (χ4v) is 5.04. The van der Waals surface area contributed by atoms with Gasteiger partial charge >= 0.3 is 0 Å². The molecule has 4 rings (SSSR count). The lowest BCUT2D eigenvalue weighted by molar-refractivity contribution is -0.0654. The Labute approximate surface area is 166 Å². The second-order valence-electron chi connectivity index (χ2n) is 7.50. The Balaban J connectivity index is 1.55. The van der Waals surface area contributed by atoms with E-state index in [-0.39, 0.29) is 31.4 Å². The maximum atomic E-state index is 14.1. The molecule has 0 amide bonds. The lowest BCUT2D eigenvalue weighted by Gasteiger charge is -2.40. The zero-order valence-corrected chi connectivity index (χ0v) is 16.5. The molecule has 29 heavy (non-hydrogen) atoms. The van der Waals surface area contributed by atoms with E-state index in [1.54, 1.807) is 0 Å². The molecule has 11 heteroatoms. The van der Waals surface area contributed by atoms with E-state index in [1.807, 2.05) is 4.90 Å². The van der Waals surface area contributed by atoms with Crippen LogP contribution in [-0.4, -0.2) is 59.2 Å². The number of nitrogens with zero attached hydrogens (tertiary/aromatic N) is 3. The third-order valence-corrected chi connectivity index (χ3v) is 6.52. The quantitative estimate of drug-likeness (QED) is 0.737. The average molecular weight is 428 g/mol. The van der Waals surface area contributed by atoms with Gasteiger partial charge in [-0.25, -0.2) is 17.2 Å². The molecule has 0 unspecified atom stereocenters. The number of aromatic nitrogens is 2. The van der Waals surface area contributed by atoms with Gasteiger partial charge in [0.05, 0.1) is 37.4 Å². The molecule has 2 aliphatic heterocycles. The van der Waals surface area contributed by atoms with Crippen LogP contribution in [-0.2, 0) is 21.3 Å². The molecule has 4 atom stereocenters. The smallest absolute Gasteiger partial charge is 0.251 e. The Kier molecular flexibility index (Phi) is 5.20. The summed E-state index contributed by atoms with van der Waals surface area (Å²) in [5.74, 6) is -1.15. The van der Waals surface area contributed by atoms with Crippen LogP contribution >= 0.6 is 0 Å². The molecule has 158 valence electrons. The van der Waals surface area contributed by atoms with E-state index in [0.717, 1.165) is 28.5 Å². The Hall–Kier alpha value is -1.92. The Morgan fingerprint density at radius 2 is 2.10 bits per heavy atom. The van der Waals surface area contributed by atoms with Gasteiger partial charge in [0.15, 0.2) is 0 Å². The number of nitrogens with two attached hydrogens (primary N) is 1. The highest BCUT2D eigenvalue weighted by Gasteiger charge is 2.42. The van der Waals surface area contributed by atoms with Crippen LogP contribution in [0.5, 0.6) is 0 Å². The van der Waals surface area contributed by atoms with Crippen LogP contribution < -0.4 is 5.73 Å². The molecule has 0 radical (unpaired) electrons. The minimum atomic E-state index is -3.57. The number of ether oxygens (including phenoxy) is 1. The Bertz CT molecular complexity index is 1030. The molecule has 2 aliphatic rings.